The molecule has 0 aromatic rings. The Labute approximate surface area is 468 Å². The molecule has 0 radical (unpaired) electrons. The van der Waals surface area contributed by atoms with Crippen LogP contribution in [0.3, 0.4) is 0 Å². The van der Waals surface area contributed by atoms with Crippen LogP contribution in [0.1, 0.15) is 173 Å². The van der Waals surface area contributed by atoms with E-state index in [1.54, 1.807) is 41.5 Å². The first-order valence-corrected chi connectivity index (χ1v) is 29.4. The van der Waals surface area contributed by atoms with Crippen molar-refractivity contribution in [1.82, 2.24) is 46.2 Å². The summed E-state index contributed by atoms with van der Waals surface area (Å²) in [6, 6.07) is 0. The number of hydrogen-bond acceptors (Lipinski definition) is 12. The predicted molar refractivity (Wildman–Crippen MR) is 313 cm³/mol. The number of nitrogens with one attached hydrogen (secondary N) is 5. The molecule has 0 aromatic carbocycles. The van der Waals surface area contributed by atoms with Gasteiger partial charge in [-0.05, 0) is 112 Å². The van der Waals surface area contributed by atoms with Gasteiger partial charge in [-0.3, -0.25) is 38.4 Å². The Bertz CT molecular complexity index is 1780. The van der Waals surface area contributed by atoms with Crippen LogP contribution in [0.15, 0.2) is 0 Å². The Morgan fingerprint density at radius 3 is 1.19 bits per heavy atom. The summed E-state index contributed by atoms with van der Waals surface area (Å²) in [7, 11) is 12.0. The van der Waals surface area contributed by atoms with Gasteiger partial charge in [0.1, 0.15) is 17.3 Å². The Kier molecular flexibility index (Phi) is 36.1. The first-order chi connectivity index (χ1) is 35.8. The lowest BCUT2D eigenvalue weighted by atomic mass is 9.67. The first-order valence-electron chi connectivity index (χ1n) is 29.4. The van der Waals surface area contributed by atoms with E-state index in [1.165, 1.54) is 0 Å². The highest BCUT2D eigenvalue weighted by Crippen LogP contribution is 2.40. The van der Waals surface area contributed by atoms with Gasteiger partial charge in [0.15, 0.2) is 0 Å². The molecule has 0 fully saturated rings. The van der Waals surface area contributed by atoms with Crippen LogP contribution in [0.2, 0.25) is 0 Å². The van der Waals surface area contributed by atoms with Gasteiger partial charge < -0.3 is 46.2 Å². The van der Waals surface area contributed by atoms with Crippen molar-refractivity contribution in [3.63, 3.8) is 0 Å². The number of amides is 5. The predicted octanol–water partition coefficient (Wildman–Crippen LogP) is 6.62. The van der Waals surface area contributed by atoms with Crippen molar-refractivity contribution in [2.75, 3.05) is 114 Å². The maximum absolute atomic E-state index is 15.2. The smallest absolute Gasteiger partial charge is 0.223 e. The van der Waals surface area contributed by atoms with Gasteiger partial charge in [-0.2, -0.15) is 0 Å². The van der Waals surface area contributed by atoms with Gasteiger partial charge in [-0.25, -0.2) is 0 Å². The molecule has 0 bridgehead atoms. The summed E-state index contributed by atoms with van der Waals surface area (Å²) in [6.45, 7) is 29.6. The normalized spacial score (nSPS) is 14.0. The highest BCUT2D eigenvalue weighted by molar-refractivity contribution is 5.95. The number of rotatable bonds is 45. The summed E-state index contributed by atoms with van der Waals surface area (Å²) < 4.78 is 0. The third-order valence-corrected chi connectivity index (χ3v) is 15.0. The molecule has 17 heteroatoms. The highest BCUT2D eigenvalue weighted by atomic mass is 16.2. The van der Waals surface area contributed by atoms with Crippen molar-refractivity contribution in [2.45, 2.75) is 173 Å². The molecule has 448 valence electrons. The van der Waals surface area contributed by atoms with Crippen molar-refractivity contribution in [2.24, 2.45) is 51.8 Å². The fourth-order valence-electron chi connectivity index (χ4n) is 9.52. The maximum atomic E-state index is 15.2. The number of ketones is 3. The van der Waals surface area contributed by atoms with Gasteiger partial charge >= 0.3 is 0 Å². The molecule has 0 aliphatic carbocycles. The molecule has 0 saturated carbocycles. The number of unbranched alkanes of at least 4 members (excludes halogenated alkanes) is 1. The number of likely N-dealkylation sites (N-methyl/N-ethyl adjacent to an activating group) is 4. The minimum absolute atomic E-state index is 0.00346. The molecule has 5 N–H and O–H groups in total. The number of carbonyl (C=O) groups is 8. The monoisotopic (exact) mass is 1090 g/mol. The SMILES string of the molecule is CCCCNC(=O)C(CC(=O)NCCN(C)CCN(C)C)CC(C)(C)C(=O)CC(CC(C)(C)C(=O)C(CC(=O)NCCCC(C)C)CC(C)(C)C(=O)CC(CC)C(=O)NCCCC(C)C)C(=O)NCCN(C)CCN(C)C. The van der Waals surface area contributed by atoms with Crippen molar-refractivity contribution >= 4 is 46.9 Å². The van der Waals surface area contributed by atoms with Crippen molar-refractivity contribution in [3.8, 4) is 0 Å². The molecule has 17 nitrogen and oxygen atoms in total. The minimum atomic E-state index is -1.25. The molecule has 4 atom stereocenters. The second-order valence-corrected chi connectivity index (χ2v) is 25.7. The van der Waals surface area contributed by atoms with E-state index in [1.807, 2.05) is 56.1 Å². The Hall–Kier alpha value is -3.80. The second kappa shape index (κ2) is 38.0. The van der Waals surface area contributed by atoms with E-state index in [4.69, 9.17) is 0 Å². The van der Waals surface area contributed by atoms with E-state index < -0.39 is 39.9 Å². The molecule has 4 unspecified atom stereocenters. The summed E-state index contributed by atoms with van der Waals surface area (Å²) >= 11 is 0. The zero-order chi connectivity index (χ0) is 59.1. The zero-order valence-corrected chi connectivity index (χ0v) is 52.2. The van der Waals surface area contributed by atoms with Crippen molar-refractivity contribution < 1.29 is 38.4 Å². The highest BCUT2D eigenvalue weighted by Gasteiger charge is 2.44. The summed E-state index contributed by atoms with van der Waals surface area (Å²) in [5, 5.41) is 15.0. The Morgan fingerprint density at radius 2 is 0.753 bits per heavy atom. The molecular formula is C60H115N9O8. The van der Waals surface area contributed by atoms with Crippen LogP contribution in [0.25, 0.3) is 0 Å². The van der Waals surface area contributed by atoms with E-state index in [-0.39, 0.29) is 91.8 Å². The van der Waals surface area contributed by atoms with Crippen molar-refractivity contribution in [3.05, 3.63) is 0 Å². The Morgan fingerprint density at radius 1 is 0.403 bits per heavy atom. The fourth-order valence-corrected chi connectivity index (χ4v) is 9.52. The number of carbonyl (C=O) groups excluding carboxylic acids is 8. The molecule has 0 spiro atoms. The average molecular weight is 1090 g/mol. The quantitative estimate of drug-likeness (QED) is 0.0408. The molecule has 0 saturated heterocycles. The third kappa shape index (κ3) is 32.8. The zero-order valence-electron chi connectivity index (χ0n) is 52.2. The fraction of sp³-hybridized carbons (Fsp3) is 0.867. The van der Waals surface area contributed by atoms with Gasteiger partial charge in [0.2, 0.25) is 29.5 Å². The van der Waals surface area contributed by atoms with Crippen LogP contribution in [-0.4, -0.2) is 181 Å². The van der Waals surface area contributed by atoms with Crippen LogP contribution in [0.4, 0.5) is 0 Å². The lowest BCUT2D eigenvalue weighted by molar-refractivity contribution is -0.141. The van der Waals surface area contributed by atoms with Gasteiger partial charge in [0, 0.05) is 138 Å². The lowest BCUT2D eigenvalue weighted by Crippen LogP contribution is -2.44. The molecule has 0 heterocycles. The molecular weight excluding hydrogens is 975 g/mol. The third-order valence-electron chi connectivity index (χ3n) is 15.0. The molecule has 5 amide bonds. The summed E-state index contributed by atoms with van der Waals surface area (Å²) in [5.74, 6) is -4.48. The number of Topliss-reactive ketones (excluding diaryl/α,β-unsaturated/α-hetero) is 3. The summed E-state index contributed by atoms with van der Waals surface area (Å²) in [4.78, 5) is 121. The van der Waals surface area contributed by atoms with E-state index in [9.17, 15) is 33.6 Å². The van der Waals surface area contributed by atoms with Gasteiger partial charge in [0.05, 0.1) is 0 Å². The second-order valence-electron chi connectivity index (χ2n) is 25.7. The van der Waals surface area contributed by atoms with Gasteiger partial charge in [0.25, 0.3) is 0 Å². The maximum Gasteiger partial charge on any atom is 0.223 e. The summed E-state index contributed by atoms with van der Waals surface area (Å²) in [6.07, 6.45) is 5.17. The molecule has 0 aliphatic rings. The van der Waals surface area contributed by atoms with E-state index in [0.29, 0.717) is 64.1 Å². The van der Waals surface area contributed by atoms with Crippen LogP contribution in [0, 0.1) is 51.8 Å². The molecule has 0 aliphatic heterocycles. The summed E-state index contributed by atoms with van der Waals surface area (Å²) in [5.41, 5.74) is -3.49. The van der Waals surface area contributed by atoms with Gasteiger partial charge in [-0.15, -0.1) is 0 Å². The lowest BCUT2D eigenvalue weighted by Gasteiger charge is -2.35. The van der Waals surface area contributed by atoms with E-state index >= 15 is 4.79 Å². The number of nitrogens with zero attached hydrogens (tertiary/aromatic N) is 4. The minimum Gasteiger partial charge on any atom is -0.356 e. The largest absolute Gasteiger partial charge is 0.356 e. The van der Waals surface area contributed by atoms with Gasteiger partial charge in [-0.1, -0.05) is 89.5 Å². The topological polar surface area (TPSA) is 210 Å². The molecule has 77 heavy (non-hydrogen) atoms. The van der Waals surface area contributed by atoms with Crippen LogP contribution in [-0.2, 0) is 38.4 Å². The van der Waals surface area contributed by atoms with Crippen molar-refractivity contribution in [1.29, 1.82) is 0 Å². The molecule has 0 rings (SSSR count). The average Bonchev–Trinajstić information content (AvgIpc) is 3.33. The van der Waals surface area contributed by atoms with Crippen LogP contribution >= 0.6 is 0 Å². The van der Waals surface area contributed by atoms with Crippen LogP contribution < -0.4 is 26.6 Å². The van der Waals surface area contributed by atoms with E-state index in [2.05, 4.69) is 73.9 Å². The number of hydrogen-bond donors (Lipinski definition) is 5. The standard InChI is InChI=1S/C60H115N9O8/c1-19-21-26-63-57(77)49(40-53(73)62-29-31-68(17)35-33-66(13)14)42-59(9,10)51(71)38-48(56(76)65-30-32-69(18)36-34-67(15)16)43-60(11,12)54(74)47(39-52(72)61-27-22-24-44(3)4)41-58(7,8)50(70)37-46(20-2)55(75)64-28-23-25-45(5)6/h44-49H,19-43H2,1-18H3,(H,61,72)(H,62,73)(H,63,77)(H,64,75)(H,65,76). The van der Waals surface area contributed by atoms with Crippen LogP contribution in [0.5, 0.6) is 0 Å². The Balaban J connectivity index is 6.99. The first kappa shape index (κ1) is 73.2. The van der Waals surface area contributed by atoms with E-state index in [0.717, 1.165) is 64.7 Å². The molecule has 0 aromatic heterocycles.